The van der Waals surface area contributed by atoms with Crippen molar-refractivity contribution in [3.05, 3.63) is 0 Å². The summed E-state index contributed by atoms with van der Waals surface area (Å²) in [4.78, 5) is 0. The Hall–Kier alpha value is -0.0800. The highest BCUT2D eigenvalue weighted by Gasteiger charge is 2.44. The predicted octanol–water partition coefficient (Wildman–Crippen LogP) is 2.19. The third kappa shape index (κ3) is 1.70. The molecular formula is C12H23NO. The van der Waals surface area contributed by atoms with Crippen molar-refractivity contribution in [1.82, 2.24) is 5.32 Å². The lowest BCUT2D eigenvalue weighted by Gasteiger charge is -2.42. The van der Waals surface area contributed by atoms with E-state index in [1.807, 2.05) is 7.11 Å². The SMILES string of the molecule is COC1(C2CNCC2C)CCCCC1. The van der Waals surface area contributed by atoms with Crippen molar-refractivity contribution >= 4 is 0 Å². The first-order chi connectivity index (χ1) is 6.78. The molecule has 1 aliphatic heterocycles. The van der Waals surface area contributed by atoms with Crippen LogP contribution in [-0.4, -0.2) is 25.8 Å². The maximum absolute atomic E-state index is 5.89. The Morgan fingerprint density at radius 3 is 2.36 bits per heavy atom. The van der Waals surface area contributed by atoms with Crippen molar-refractivity contribution in [2.45, 2.75) is 44.6 Å². The highest BCUT2D eigenvalue weighted by molar-refractivity contribution is 4.97. The van der Waals surface area contributed by atoms with Crippen LogP contribution < -0.4 is 5.32 Å². The van der Waals surface area contributed by atoms with Crippen LogP contribution in [0.15, 0.2) is 0 Å². The van der Waals surface area contributed by atoms with E-state index in [4.69, 9.17) is 4.74 Å². The number of rotatable bonds is 2. The molecule has 2 unspecified atom stereocenters. The van der Waals surface area contributed by atoms with Gasteiger partial charge in [-0.1, -0.05) is 26.2 Å². The van der Waals surface area contributed by atoms with E-state index in [1.54, 1.807) is 0 Å². The fourth-order valence-corrected chi connectivity index (χ4v) is 3.39. The standard InChI is InChI=1S/C12H23NO/c1-10-8-13-9-11(10)12(14-2)6-4-3-5-7-12/h10-11,13H,3-9H2,1-2H3. The molecule has 1 heterocycles. The quantitative estimate of drug-likeness (QED) is 0.732. The third-order valence-corrected chi connectivity index (χ3v) is 4.30. The molecule has 1 saturated carbocycles. The first kappa shape index (κ1) is 10.4. The van der Waals surface area contributed by atoms with Gasteiger partial charge in [0.05, 0.1) is 5.60 Å². The minimum absolute atomic E-state index is 0.209. The zero-order valence-corrected chi connectivity index (χ0v) is 9.51. The van der Waals surface area contributed by atoms with E-state index in [-0.39, 0.29) is 5.60 Å². The number of hydrogen-bond acceptors (Lipinski definition) is 2. The molecule has 0 aromatic heterocycles. The van der Waals surface area contributed by atoms with Crippen LogP contribution in [0.4, 0.5) is 0 Å². The van der Waals surface area contributed by atoms with Gasteiger partial charge in [-0.3, -0.25) is 0 Å². The molecule has 0 spiro atoms. The number of hydrogen-bond donors (Lipinski definition) is 1. The molecular weight excluding hydrogens is 174 g/mol. The van der Waals surface area contributed by atoms with Gasteiger partial charge in [-0.05, 0) is 25.3 Å². The zero-order valence-electron chi connectivity index (χ0n) is 9.51. The lowest BCUT2D eigenvalue weighted by molar-refractivity contribution is -0.0885. The molecule has 82 valence electrons. The van der Waals surface area contributed by atoms with Gasteiger partial charge in [0.2, 0.25) is 0 Å². The Balaban J connectivity index is 2.09. The van der Waals surface area contributed by atoms with Gasteiger partial charge < -0.3 is 10.1 Å². The van der Waals surface area contributed by atoms with Gasteiger partial charge in [0.25, 0.3) is 0 Å². The first-order valence-electron chi connectivity index (χ1n) is 6.04. The normalized spacial score (nSPS) is 37.3. The van der Waals surface area contributed by atoms with Crippen LogP contribution >= 0.6 is 0 Å². The van der Waals surface area contributed by atoms with Gasteiger partial charge >= 0.3 is 0 Å². The van der Waals surface area contributed by atoms with Crippen LogP contribution in [0.2, 0.25) is 0 Å². The summed E-state index contributed by atoms with van der Waals surface area (Å²) in [6.45, 7) is 4.70. The first-order valence-corrected chi connectivity index (χ1v) is 6.04. The van der Waals surface area contributed by atoms with Crippen LogP contribution in [0.1, 0.15) is 39.0 Å². The molecule has 2 fully saturated rings. The molecule has 2 aliphatic rings. The lowest BCUT2D eigenvalue weighted by Crippen LogP contribution is -2.45. The Morgan fingerprint density at radius 1 is 1.14 bits per heavy atom. The summed E-state index contributed by atoms with van der Waals surface area (Å²) in [7, 11) is 1.91. The number of ether oxygens (including phenoxy) is 1. The highest BCUT2D eigenvalue weighted by atomic mass is 16.5. The van der Waals surface area contributed by atoms with E-state index >= 15 is 0 Å². The minimum Gasteiger partial charge on any atom is -0.378 e. The van der Waals surface area contributed by atoms with Crippen LogP contribution in [0.25, 0.3) is 0 Å². The van der Waals surface area contributed by atoms with Crippen molar-refractivity contribution in [3.63, 3.8) is 0 Å². The second kappa shape index (κ2) is 4.19. The monoisotopic (exact) mass is 197 g/mol. The average molecular weight is 197 g/mol. The van der Waals surface area contributed by atoms with E-state index in [0.29, 0.717) is 0 Å². The molecule has 2 nitrogen and oxygen atoms in total. The molecule has 0 aromatic rings. The summed E-state index contributed by atoms with van der Waals surface area (Å²) in [5, 5.41) is 3.50. The maximum atomic E-state index is 5.89. The highest BCUT2D eigenvalue weighted by Crippen LogP contribution is 2.41. The van der Waals surface area contributed by atoms with Gasteiger partial charge in [0, 0.05) is 19.6 Å². The van der Waals surface area contributed by atoms with Gasteiger partial charge in [-0.2, -0.15) is 0 Å². The largest absolute Gasteiger partial charge is 0.378 e. The van der Waals surface area contributed by atoms with E-state index in [1.165, 1.54) is 38.6 Å². The zero-order chi connectivity index (χ0) is 10.0. The van der Waals surface area contributed by atoms with Crippen molar-refractivity contribution < 1.29 is 4.74 Å². The Kier molecular flexibility index (Phi) is 3.13. The molecule has 2 atom stereocenters. The lowest BCUT2D eigenvalue weighted by atomic mass is 9.72. The molecule has 0 bridgehead atoms. The molecule has 0 amide bonds. The van der Waals surface area contributed by atoms with Crippen LogP contribution in [0.3, 0.4) is 0 Å². The van der Waals surface area contributed by atoms with Crippen molar-refractivity contribution in [1.29, 1.82) is 0 Å². The van der Waals surface area contributed by atoms with Crippen LogP contribution in [0, 0.1) is 11.8 Å². The Morgan fingerprint density at radius 2 is 1.86 bits per heavy atom. The third-order valence-electron chi connectivity index (χ3n) is 4.30. The van der Waals surface area contributed by atoms with Gasteiger partial charge in [-0.25, -0.2) is 0 Å². The molecule has 0 aromatic carbocycles. The summed E-state index contributed by atoms with van der Waals surface area (Å²) < 4.78 is 5.89. The molecule has 2 rings (SSSR count). The topological polar surface area (TPSA) is 21.3 Å². The predicted molar refractivity (Wildman–Crippen MR) is 58.3 cm³/mol. The maximum Gasteiger partial charge on any atom is 0.0721 e. The molecule has 2 heteroatoms. The second-order valence-corrected chi connectivity index (χ2v) is 5.07. The summed E-state index contributed by atoms with van der Waals surface area (Å²) in [5.74, 6) is 1.53. The van der Waals surface area contributed by atoms with Gasteiger partial charge in [0.1, 0.15) is 0 Å². The summed E-state index contributed by atoms with van der Waals surface area (Å²) in [5.41, 5.74) is 0.209. The molecule has 1 saturated heterocycles. The minimum atomic E-state index is 0.209. The van der Waals surface area contributed by atoms with Crippen LogP contribution in [0.5, 0.6) is 0 Å². The average Bonchev–Trinajstić information content (AvgIpc) is 2.66. The fraction of sp³-hybridized carbons (Fsp3) is 1.00. The van der Waals surface area contributed by atoms with E-state index in [0.717, 1.165) is 18.4 Å². The number of nitrogens with one attached hydrogen (secondary N) is 1. The molecule has 1 aliphatic carbocycles. The van der Waals surface area contributed by atoms with Crippen molar-refractivity contribution in [3.8, 4) is 0 Å². The Labute approximate surface area is 87.4 Å². The molecule has 0 radical (unpaired) electrons. The van der Waals surface area contributed by atoms with Gasteiger partial charge in [0.15, 0.2) is 0 Å². The second-order valence-electron chi connectivity index (χ2n) is 5.07. The summed E-state index contributed by atoms with van der Waals surface area (Å²) in [6.07, 6.45) is 6.67. The molecule has 14 heavy (non-hydrogen) atoms. The summed E-state index contributed by atoms with van der Waals surface area (Å²) in [6, 6.07) is 0. The number of methoxy groups -OCH3 is 1. The smallest absolute Gasteiger partial charge is 0.0721 e. The van der Waals surface area contributed by atoms with Gasteiger partial charge in [-0.15, -0.1) is 0 Å². The van der Waals surface area contributed by atoms with E-state index < -0.39 is 0 Å². The summed E-state index contributed by atoms with van der Waals surface area (Å²) >= 11 is 0. The van der Waals surface area contributed by atoms with Crippen LogP contribution in [-0.2, 0) is 4.74 Å². The van der Waals surface area contributed by atoms with Crippen molar-refractivity contribution in [2.75, 3.05) is 20.2 Å². The van der Waals surface area contributed by atoms with E-state index in [9.17, 15) is 0 Å². The Bertz CT molecular complexity index is 187. The molecule has 1 N–H and O–H groups in total. The fourth-order valence-electron chi connectivity index (χ4n) is 3.39. The van der Waals surface area contributed by atoms with E-state index in [2.05, 4.69) is 12.2 Å². The van der Waals surface area contributed by atoms with Crippen molar-refractivity contribution in [2.24, 2.45) is 11.8 Å².